The van der Waals surface area contributed by atoms with Crippen LogP contribution in [-0.2, 0) is 9.59 Å². The van der Waals surface area contributed by atoms with E-state index in [-0.39, 0.29) is 24.3 Å². The highest BCUT2D eigenvalue weighted by Gasteiger charge is 2.31. The number of pyridine rings is 2. The molecule has 0 unspecified atom stereocenters. The summed E-state index contributed by atoms with van der Waals surface area (Å²) in [6, 6.07) is 9.80. The van der Waals surface area contributed by atoms with E-state index in [1.54, 1.807) is 22.4 Å². The number of carbonyl (C=O) groups is 2. The van der Waals surface area contributed by atoms with Crippen molar-refractivity contribution in [2.45, 2.75) is 19.8 Å². The van der Waals surface area contributed by atoms with Crippen LogP contribution in [0, 0.1) is 12.8 Å². The van der Waals surface area contributed by atoms with Gasteiger partial charge in [0.15, 0.2) is 5.13 Å². The van der Waals surface area contributed by atoms with Gasteiger partial charge in [0.25, 0.3) is 0 Å². The molecular formula is C24H27N7O2S. The molecule has 0 atom stereocenters. The lowest BCUT2D eigenvalue weighted by atomic mass is 9.95. The van der Waals surface area contributed by atoms with E-state index in [1.807, 2.05) is 43.5 Å². The second-order valence-corrected chi connectivity index (χ2v) is 9.64. The molecular weight excluding hydrogens is 450 g/mol. The van der Waals surface area contributed by atoms with E-state index >= 15 is 0 Å². The second-order valence-electron chi connectivity index (χ2n) is 8.63. The standard InChI is InChI=1S/C24H27N7O2S/c1-16-5-8-25-21(13-16)29-20-4-2-3-18(28-20)19-14-27-24(34-19)30-10-6-17(7-11-30)23(33)31-12-9-26-22(32)15-31/h2-5,8,13-14,17H,6-7,9-12,15H2,1H3,(H,26,32)(H,25,28,29). The number of nitrogens with one attached hydrogen (secondary N) is 2. The van der Waals surface area contributed by atoms with Gasteiger partial charge in [-0.25, -0.2) is 15.0 Å². The zero-order valence-electron chi connectivity index (χ0n) is 19.0. The molecule has 0 aromatic carbocycles. The smallest absolute Gasteiger partial charge is 0.239 e. The SMILES string of the molecule is Cc1ccnc(Nc2cccc(-c3cnc(N4CCC(C(=O)N5CCNC(=O)C5)CC4)s3)n2)c1. The van der Waals surface area contributed by atoms with Crippen LogP contribution < -0.4 is 15.5 Å². The minimum atomic E-state index is -0.0737. The third-order valence-corrected chi connectivity index (χ3v) is 7.21. The van der Waals surface area contributed by atoms with Crippen LogP contribution in [0.3, 0.4) is 0 Å². The normalized spacial score (nSPS) is 16.9. The summed E-state index contributed by atoms with van der Waals surface area (Å²) in [5.41, 5.74) is 1.99. The Labute approximate surface area is 202 Å². The quantitative estimate of drug-likeness (QED) is 0.582. The fraction of sp³-hybridized carbons (Fsp3) is 0.375. The fourth-order valence-electron chi connectivity index (χ4n) is 4.31. The number of amides is 2. The maximum atomic E-state index is 12.8. The molecule has 0 spiro atoms. The first-order chi connectivity index (χ1) is 16.5. The molecule has 9 nitrogen and oxygen atoms in total. The molecule has 0 aliphatic carbocycles. The van der Waals surface area contributed by atoms with E-state index < -0.39 is 0 Å². The van der Waals surface area contributed by atoms with Gasteiger partial charge in [0.05, 0.1) is 17.1 Å². The molecule has 5 rings (SSSR count). The number of nitrogens with zero attached hydrogens (tertiary/aromatic N) is 5. The molecule has 3 aromatic heterocycles. The van der Waals surface area contributed by atoms with Crippen LogP contribution >= 0.6 is 11.3 Å². The summed E-state index contributed by atoms with van der Waals surface area (Å²) in [6.45, 7) is 4.89. The topological polar surface area (TPSA) is 103 Å². The molecule has 0 saturated carbocycles. The maximum absolute atomic E-state index is 12.8. The van der Waals surface area contributed by atoms with Crippen molar-refractivity contribution in [1.29, 1.82) is 0 Å². The van der Waals surface area contributed by atoms with Crippen molar-refractivity contribution in [1.82, 2.24) is 25.2 Å². The Hall–Kier alpha value is -3.53. The average molecular weight is 478 g/mol. The number of thiazole rings is 1. The van der Waals surface area contributed by atoms with Gasteiger partial charge in [-0.1, -0.05) is 17.4 Å². The van der Waals surface area contributed by atoms with E-state index in [4.69, 9.17) is 4.98 Å². The highest BCUT2D eigenvalue weighted by Crippen LogP contribution is 2.33. The van der Waals surface area contributed by atoms with Crippen molar-refractivity contribution in [3.63, 3.8) is 0 Å². The molecule has 2 aliphatic heterocycles. The summed E-state index contributed by atoms with van der Waals surface area (Å²) < 4.78 is 0. The highest BCUT2D eigenvalue weighted by atomic mass is 32.1. The van der Waals surface area contributed by atoms with Gasteiger partial charge in [0.1, 0.15) is 11.6 Å². The Bertz CT molecular complexity index is 1190. The largest absolute Gasteiger partial charge is 0.353 e. The van der Waals surface area contributed by atoms with Gasteiger partial charge in [-0.3, -0.25) is 9.59 Å². The van der Waals surface area contributed by atoms with Crippen LogP contribution in [-0.4, -0.2) is 64.4 Å². The zero-order valence-corrected chi connectivity index (χ0v) is 19.8. The Morgan fingerprint density at radius 3 is 2.79 bits per heavy atom. The molecule has 10 heteroatoms. The summed E-state index contributed by atoms with van der Waals surface area (Å²) in [5.74, 6) is 1.50. The number of hydrogen-bond donors (Lipinski definition) is 2. The van der Waals surface area contributed by atoms with Crippen molar-refractivity contribution in [2.75, 3.05) is 42.9 Å². The van der Waals surface area contributed by atoms with Crippen molar-refractivity contribution in [2.24, 2.45) is 5.92 Å². The molecule has 2 fully saturated rings. The lowest BCUT2D eigenvalue weighted by molar-refractivity contribution is -0.141. The Morgan fingerprint density at radius 1 is 1.15 bits per heavy atom. The van der Waals surface area contributed by atoms with Gasteiger partial charge >= 0.3 is 0 Å². The summed E-state index contributed by atoms with van der Waals surface area (Å²) in [5, 5.41) is 6.98. The number of piperidine rings is 1. The van der Waals surface area contributed by atoms with E-state index in [2.05, 4.69) is 25.5 Å². The summed E-state index contributed by atoms with van der Waals surface area (Å²) in [4.78, 5) is 43.1. The molecule has 0 radical (unpaired) electrons. The molecule has 0 bridgehead atoms. The maximum Gasteiger partial charge on any atom is 0.239 e. The van der Waals surface area contributed by atoms with Gasteiger partial charge < -0.3 is 20.4 Å². The Kier molecular flexibility index (Phi) is 6.39. The Morgan fingerprint density at radius 2 is 2.00 bits per heavy atom. The molecule has 2 N–H and O–H groups in total. The minimum Gasteiger partial charge on any atom is -0.353 e. The van der Waals surface area contributed by atoms with E-state index in [0.29, 0.717) is 13.1 Å². The molecule has 34 heavy (non-hydrogen) atoms. The first-order valence-electron chi connectivity index (χ1n) is 11.5. The van der Waals surface area contributed by atoms with Crippen molar-refractivity contribution in [3.8, 4) is 10.6 Å². The molecule has 176 valence electrons. The zero-order chi connectivity index (χ0) is 23.5. The Balaban J connectivity index is 1.21. The van der Waals surface area contributed by atoms with Crippen molar-refractivity contribution < 1.29 is 9.59 Å². The molecule has 3 aromatic rings. The second kappa shape index (κ2) is 9.76. The number of hydrogen-bond acceptors (Lipinski definition) is 8. The lowest BCUT2D eigenvalue weighted by Gasteiger charge is -2.35. The number of carbonyl (C=O) groups excluding carboxylic acids is 2. The van der Waals surface area contributed by atoms with Crippen LogP contribution in [0.2, 0.25) is 0 Å². The van der Waals surface area contributed by atoms with Crippen LogP contribution in [0.4, 0.5) is 16.8 Å². The van der Waals surface area contributed by atoms with Crippen molar-refractivity contribution >= 4 is 39.9 Å². The number of aryl methyl sites for hydroxylation is 1. The van der Waals surface area contributed by atoms with Crippen LogP contribution in [0.1, 0.15) is 18.4 Å². The van der Waals surface area contributed by atoms with E-state index in [0.717, 1.165) is 58.8 Å². The number of piperazine rings is 1. The predicted octanol–water partition coefficient (Wildman–Crippen LogP) is 2.83. The highest BCUT2D eigenvalue weighted by molar-refractivity contribution is 7.18. The van der Waals surface area contributed by atoms with Gasteiger partial charge in [-0.15, -0.1) is 0 Å². The average Bonchev–Trinajstić information content (AvgIpc) is 3.34. The third-order valence-electron chi connectivity index (χ3n) is 6.13. The predicted molar refractivity (Wildman–Crippen MR) is 132 cm³/mol. The van der Waals surface area contributed by atoms with Gasteiger partial charge in [0, 0.05) is 44.5 Å². The van der Waals surface area contributed by atoms with Crippen LogP contribution in [0.25, 0.3) is 10.6 Å². The number of rotatable bonds is 5. The summed E-state index contributed by atoms with van der Waals surface area (Å²) >= 11 is 1.61. The molecule has 2 aliphatic rings. The fourth-order valence-corrected chi connectivity index (χ4v) is 5.25. The lowest BCUT2D eigenvalue weighted by Crippen LogP contribution is -2.52. The minimum absolute atomic E-state index is 0.0266. The van der Waals surface area contributed by atoms with E-state index in [9.17, 15) is 9.59 Å². The molecule has 5 heterocycles. The van der Waals surface area contributed by atoms with Gasteiger partial charge in [0.2, 0.25) is 11.8 Å². The first-order valence-corrected chi connectivity index (χ1v) is 12.3. The number of anilines is 3. The molecule has 2 saturated heterocycles. The van der Waals surface area contributed by atoms with Crippen LogP contribution in [0.5, 0.6) is 0 Å². The van der Waals surface area contributed by atoms with Gasteiger partial charge in [-0.2, -0.15) is 0 Å². The summed E-state index contributed by atoms with van der Waals surface area (Å²) in [7, 11) is 0. The van der Waals surface area contributed by atoms with Gasteiger partial charge in [-0.05, 0) is 49.6 Å². The third kappa shape index (κ3) is 5.01. The van der Waals surface area contributed by atoms with Crippen molar-refractivity contribution in [3.05, 3.63) is 48.3 Å². The summed E-state index contributed by atoms with van der Waals surface area (Å²) in [6.07, 6.45) is 5.18. The van der Waals surface area contributed by atoms with Crippen LogP contribution in [0.15, 0.2) is 42.7 Å². The monoisotopic (exact) mass is 477 g/mol. The van der Waals surface area contributed by atoms with E-state index in [1.165, 1.54) is 0 Å². The molecule has 2 amide bonds. The number of aromatic nitrogens is 3. The first kappa shape index (κ1) is 22.3.